The lowest BCUT2D eigenvalue weighted by atomic mass is 9.85. The van der Waals surface area contributed by atoms with Crippen molar-refractivity contribution < 1.29 is 9.84 Å². The summed E-state index contributed by atoms with van der Waals surface area (Å²) >= 11 is 0. The van der Waals surface area contributed by atoms with E-state index in [0.717, 1.165) is 19.3 Å². The molecule has 0 bridgehead atoms. The first kappa shape index (κ1) is 16.9. The van der Waals surface area contributed by atoms with Crippen LogP contribution >= 0.6 is 0 Å². The van der Waals surface area contributed by atoms with Crippen LogP contribution in [0.5, 0.6) is 0 Å². The van der Waals surface area contributed by atoms with Crippen LogP contribution in [0.25, 0.3) is 0 Å². The van der Waals surface area contributed by atoms with E-state index in [1.54, 1.807) is 0 Å². The predicted molar refractivity (Wildman–Crippen MR) is 74.3 cm³/mol. The third kappa shape index (κ3) is 5.87. The summed E-state index contributed by atoms with van der Waals surface area (Å²) in [7, 11) is 0. The molecule has 0 amide bonds. The number of hydrogen-bond donors (Lipinski definition) is 1. The standard InChI is InChI=1S/C15H32O2/c1-6-10-11-13(7-2)12-14(16)15(5,8-3)17-9-4/h13-14,16H,6-12H2,1-5H3. The molecule has 1 N–H and O–H groups in total. The molecule has 0 aromatic heterocycles. The number of hydrogen-bond acceptors (Lipinski definition) is 2. The summed E-state index contributed by atoms with van der Waals surface area (Å²) in [4.78, 5) is 0. The predicted octanol–water partition coefficient (Wildman–Crippen LogP) is 4.16. The first-order chi connectivity index (χ1) is 8.03. The number of unbranched alkanes of at least 4 members (excludes halogenated alkanes) is 1. The van der Waals surface area contributed by atoms with Gasteiger partial charge in [0.25, 0.3) is 0 Å². The molecule has 0 aliphatic rings. The lowest BCUT2D eigenvalue weighted by Gasteiger charge is -2.35. The van der Waals surface area contributed by atoms with Gasteiger partial charge in [0.1, 0.15) is 0 Å². The Bertz CT molecular complexity index is 182. The minimum atomic E-state index is -0.367. The Morgan fingerprint density at radius 1 is 1.18 bits per heavy atom. The van der Waals surface area contributed by atoms with Crippen molar-refractivity contribution in [2.45, 2.75) is 84.8 Å². The molecule has 0 fully saturated rings. The second-order valence-electron chi connectivity index (χ2n) is 5.27. The number of aliphatic hydroxyl groups is 1. The first-order valence-corrected chi connectivity index (χ1v) is 7.35. The summed E-state index contributed by atoms with van der Waals surface area (Å²) in [5.74, 6) is 0.635. The van der Waals surface area contributed by atoms with Crippen LogP contribution in [-0.2, 0) is 4.74 Å². The van der Waals surface area contributed by atoms with E-state index < -0.39 is 0 Å². The van der Waals surface area contributed by atoms with Crippen molar-refractivity contribution in [3.8, 4) is 0 Å². The van der Waals surface area contributed by atoms with Crippen LogP contribution in [0.15, 0.2) is 0 Å². The second-order valence-corrected chi connectivity index (χ2v) is 5.27. The molecule has 17 heavy (non-hydrogen) atoms. The molecule has 0 heterocycles. The second kappa shape index (κ2) is 8.93. The molecule has 3 atom stereocenters. The molecule has 0 rings (SSSR count). The highest BCUT2D eigenvalue weighted by Gasteiger charge is 2.32. The zero-order valence-corrected chi connectivity index (χ0v) is 12.5. The molecule has 3 unspecified atom stereocenters. The maximum atomic E-state index is 10.4. The maximum absolute atomic E-state index is 10.4. The molecule has 0 radical (unpaired) electrons. The number of aliphatic hydroxyl groups excluding tert-OH is 1. The summed E-state index contributed by atoms with van der Waals surface area (Å²) in [5.41, 5.74) is -0.367. The van der Waals surface area contributed by atoms with Gasteiger partial charge in [-0.05, 0) is 32.6 Å². The van der Waals surface area contributed by atoms with Gasteiger partial charge >= 0.3 is 0 Å². The van der Waals surface area contributed by atoms with Crippen molar-refractivity contribution in [3.63, 3.8) is 0 Å². The Kier molecular flexibility index (Phi) is 8.89. The number of ether oxygens (including phenoxy) is 1. The van der Waals surface area contributed by atoms with Crippen LogP contribution in [-0.4, -0.2) is 23.4 Å². The van der Waals surface area contributed by atoms with Gasteiger partial charge in [0.15, 0.2) is 0 Å². The summed E-state index contributed by atoms with van der Waals surface area (Å²) in [6.07, 6.45) is 6.30. The van der Waals surface area contributed by atoms with E-state index in [4.69, 9.17) is 4.74 Å². The normalized spacial score (nSPS) is 18.7. The zero-order chi connectivity index (χ0) is 13.3. The fraction of sp³-hybridized carbons (Fsp3) is 1.00. The van der Waals surface area contributed by atoms with Crippen molar-refractivity contribution >= 4 is 0 Å². The fourth-order valence-electron chi connectivity index (χ4n) is 2.31. The van der Waals surface area contributed by atoms with Gasteiger partial charge in [-0.2, -0.15) is 0 Å². The Labute approximate surface area is 108 Å². The van der Waals surface area contributed by atoms with Crippen molar-refractivity contribution in [2.24, 2.45) is 5.92 Å². The molecule has 0 aliphatic carbocycles. The molecule has 0 spiro atoms. The van der Waals surface area contributed by atoms with E-state index in [2.05, 4.69) is 20.8 Å². The van der Waals surface area contributed by atoms with E-state index in [9.17, 15) is 5.11 Å². The van der Waals surface area contributed by atoms with Crippen molar-refractivity contribution in [2.75, 3.05) is 6.61 Å². The van der Waals surface area contributed by atoms with Gasteiger partial charge in [0.2, 0.25) is 0 Å². The van der Waals surface area contributed by atoms with Crippen molar-refractivity contribution in [1.29, 1.82) is 0 Å². The number of rotatable bonds is 10. The van der Waals surface area contributed by atoms with Crippen LogP contribution < -0.4 is 0 Å². The van der Waals surface area contributed by atoms with Crippen LogP contribution in [0.2, 0.25) is 0 Å². The molecule has 0 saturated carbocycles. The molecular weight excluding hydrogens is 212 g/mol. The topological polar surface area (TPSA) is 29.5 Å². The molecule has 0 aliphatic heterocycles. The fourth-order valence-corrected chi connectivity index (χ4v) is 2.31. The van der Waals surface area contributed by atoms with Crippen molar-refractivity contribution in [1.82, 2.24) is 0 Å². The van der Waals surface area contributed by atoms with Gasteiger partial charge < -0.3 is 9.84 Å². The Hall–Kier alpha value is -0.0800. The van der Waals surface area contributed by atoms with E-state index in [1.807, 2.05) is 13.8 Å². The molecular formula is C15H32O2. The van der Waals surface area contributed by atoms with E-state index in [-0.39, 0.29) is 11.7 Å². The first-order valence-electron chi connectivity index (χ1n) is 7.35. The Balaban J connectivity index is 4.30. The van der Waals surface area contributed by atoms with Gasteiger partial charge in [-0.1, -0.05) is 46.5 Å². The lowest BCUT2D eigenvalue weighted by Crippen LogP contribution is -2.42. The van der Waals surface area contributed by atoms with Gasteiger partial charge in [-0.3, -0.25) is 0 Å². The lowest BCUT2D eigenvalue weighted by molar-refractivity contribution is -0.117. The summed E-state index contributed by atoms with van der Waals surface area (Å²) < 4.78 is 5.74. The third-order valence-electron chi connectivity index (χ3n) is 3.98. The zero-order valence-electron chi connectivity index (χ0n) is 12.5. The van der Waals surface area contributed by atoms with Crippen LogP contribution in [0.3, 0.4) is 0 Å². The molecule has 104 valence electrons. The van der Waals surface area contributed by atoms with Gasteiger partial charge in [0, 0.05) is 6.61 Å². The highest BCUT2D eigenvalue weighted by atomic mass is 16.5. The van der Waals surface area contributed by atoms with E-state index in [0.29, 0.717) is 12.5 Å². The highest BCUT2D eigenvalue weighted by molar-refractivity contribution is 4.84. The van der Waals surface area contributed by atoms with E-state index >= 15 is 0 Å². The summed E-state index contributed by atoms with van der Waals surface area (Å²) in [6, 6.07) is 0. The summed E-state index contributed by atoms with van der Waals surface area (Å²) in [5, 5.41) is 10.4. The van der Waals surface area contributed by atoms with Gasteiger partial charge in [-0.15, -0.1) is 0 Å². The minimum absolute atomic E-state index is 0.339. The average Bonchev–Trinajstić information content (AvgIpc) is 2.34. The largest absolute Gasteiger partial charge is 0.390 e. The molecule has 0 saturated heterocycles. The quantitative estimate of drug-likeness (QED) is 0.625. The van der Waals surface area contributed by atoms with Gasteiger partial charge in [-0.25, -0.2) is 0 Å². The highest BCUT2D eigenvalue weighted by Crippen LogP contribution is 2.28. The van der Waals surface area contributed by atoms with Crippen LogP contribution in [0.1, 0.15) is 73.1 Å². The average molecular weight is 244 g/mol. The van der Waals surface area contributed by atoms with Gasteiger partial charge in [0.05, 0.1) is 11.7 Å². The molecule has 2 nitrogen and oxygen atoms in total. The molecule has 0 aromatic carbocycles. The molecule has 0 aromatic rings. The third-order valence-corrected chi connectivity index (χ3v) is 3.98. The monoisotopic (exact) mass is 244 g/mol. The Morgan fingerprint density at radius 2 is 1.82 bits per heavy atom. The summed E-state index contributed by atoms with van der Waals surface area (Å²) in [6.45, 7) is 11.2. The van der Waals surface area contributed by atoms with Crippen molar-refractivity contribution in [3.05, 3.63) is 0 Å². The smallest absolute Gasteiger partial charge is 0.0909 e. The van der Waals surface area contributed by atoms with Crippen LogP contribution in [0.4, 0.5) is 0 Å². The Morgan fingerprint density at radius 3 is 2.24 bits per heavy atom. The van der Waals surface area contributed by atoms with E-state index in [1.165, 1.54) is 19.3 Å². The maximum Gasteiger partial charge on any atom is 0.0909 e. The van der Waals surface area contributed by atoms with Crippen LogP contribution in [0, 0.1) is 5.92 Å². The minimum Gasteiger partial charge on any atom is -0.390 e. The SMILES string of the molecule is CCCCC(CC)CC(O)C(C)(CC)OCC. The molecule has 2 heteroatoms.